The van der Waals surface area contributed by atoms with Crippen molar-refractivity contribution in [2.24, 2.45) is 5.73 Å². The van der Waals surface area contributed by atoms with E-state index in [0.717, 1.165) is 26.2 Å². The molecule has 0 bridgehead atoms. The van der Waals surface area contributed by atoms with Gasteiger partial charge in [-0.05, 0) is 44.6 Å². The molecule has 0 aromatic heterocycles. The predicted molar refractivity (Wildman–Crippen MR) is 111 cm³/mol. The van der Waals surface area contributed by atoms with E-state index >= 15 is 0 Å². The van der Waals surface area contributed by atoms with Gasteiger partial charge in [0.1, 0.15) is 5.54 Å². The molecule has 1 aromatic carbocycles. The summed E-state index contributed by atoms with van der Waals surface area (Å²) < 4.78 is 0. The molecular weight excluding hydrogens is 357 g/mol. The van der Waals surface area contributed by atoms with Gasteiger partial charge in [0, 0.05) is 25.7 Å². The fraction of sp³-hybridized carbons (Fsp3) is 0.650. The van der Waals surface area contributed by atoms with E-state index in [1.165, 1.54) is 11.1 Å². The third-order valence-corrected chi connectivity index (χ3v) is 5.65. The molecule has 28 heavy (non-hydrogen) atoms. The monoisotopic (exact) mass is 391 g/mol. The molecule has 0 saturated carbocycles. The second-order valence-corrected chi connectivity index (χ2v) is 7.96. The number of aliphatic carboxylic acids is 1. The largest absolute Gasteiger partial charge is 0.480 e. The zero-order chi connectivity index (χ0) is 20.6. The highest BCUT2D eigenvalue weighted by atomic mass is 16.4. The van der Waals surface area contributed by atoms with Gasteiger partial charge in [0.15, 0.2) is 0 Å². The van der Waals surface area contributed by atoms with E-state index in [1.807, 2.05) is 0 Å². The third-order valence-electron chi connectivity index (χ3n) is 5.65. The van der Waals surface area contributed by atoms with Crippen molar-refractivity contribution in [1.82, 2.24) is 10.2 Å². The fourth-order valence-electron chi connectivity index (χ4n) is 3.84. The van der Waals surface area contributed by atoms with Crippen LogP contribution in [0.15, 0.2) is 24.3 Å². The Morgan fingerprint density at radius 1 is 1.25 bits per heavy atom. The summed E-state index contributed by atoms with van der Waals surface area (Å²) >= 11 is 0. The van der Waals surface area contributed by atoms with E-state index in [4.69, 9.17) is 15.8 Å². The first-order chi connectivity index (χ1) is 13.3. The highest BCUT2D eigenvalue weighted by Crippen LogP contribution is 2.25. The second-order valence-electron chi connectivity index (χ2n) is 7.96. The smallest absolute Gasteiger partial charge is 0.451 e. The van der Waals surface area contributed by atoms with Gasteiger partial charge < -0.3 is 26.2 Å². The molecule has 0 amide bonds. The molecule has 1 fully saturated rings. The summed E-state index contributed by atoms with van der Waals surface area (Å²) in [5, 5.41) is 30.8. The van der Waals surface area contributed by atoms with E-state index in [9.17, 15) is 9.90 Å². The Kier molecular flexibility index (Phi) is 8.91. The van der Waals surface area contributed by atoms with Crippen LogP contribution in [-0.4, -0.2) is 64.9 Å². The maximum absolute atomic E-state index is 11.7. The van der Waals surface area contributed by atoms with Gasteiger partial charge in [-0.3, -0.25) is 9.69 Å². The lowest BCUT2D eigenvalue weighted by Gasteiger charge is -2.37. The van der Waals surface area contributed by atoms with Crippen LogP contribution in [-0.2, 0) is 4.79 Å². The maximum atomic E-state index is 11.7. The Morgan fingerprint density at radius 3 is 2.57 bits per heavy atom. The average Bonchev–Trinajstić information content (AvgIpc) is 2.66. The molecule has 2 atom stereocenters. The number of piperazine rings is 1. The minimum absolute atomic E-state index is 0.245. The molecule has 0 spiro atoms. The summed E-state index contributed by atoms with van der Waals surface area (Å²) in [5.41, 5.74) is 7.44. The lowest BCUT2D eigenvalue weighted by molar-refractivity contribution is -0.144. The Bertz CT molecular complexity index is 614. The van der Waals surface area contributed by atoms with Crippen LogP contribution in [0.25, 0.3) is 0 Å². The van der Waals surface area contributed by atoms with Crippen LogP contribution in [0.3, 0.4) is 0 Å². The van der Waals surface area contributed by atoms with Gasteiger partial charge in [0.05, 0.1) is 0 Å². The predicted octanol–water partition coefficient (Wildman–Crippen LogP) is 1.15. The summed E-state index contributed by atoms with van der Waals surface area (Å²) in [4.78, 5) is 14.1. The zero-order valence-electron chi connectivity index (χ0n) is 16.8. The number of carboxylic acids is 1. The fourth-order valence-corrected chi connectivity index (χ4v) is 3.84. The lowest BCUT2D eigenvalue weighted by atomic mass is 9.81. The van der Waals surface area contributed by atoms with E-state index in [0.29, 0.717) is 32.1 Å². The summed E-state index contributed by atoms with van der Waals surface area (Å²) in [7, 11) is -1.34. The number of nitrogens with one attached hydrogen (secondary N) is 1. The molecule has 2 unspecified atom stereocenters. The molecule has 0 aliphatic carbocycles. The van der Waals surface area contributed by atoms with Crippen LogP contribution in [0, 0.1) is 6.92 Å². The first-order valence-electron chi connectivity index (χ1n) is 10.2. The summed E-state index contributed by atoms with van der Waals surface area (Å²) in [6.45, 7) is 5.63. The van der Waals surface area contributed by atoms with Crippen LogP contribution in [0.5, 0.6) is 0 Å². The summed E-state index contributed by atoms with van der Waals surface area (Å²) in [6, 6.07) is 8.87. The maximum Gasteiger partial charge on any atom is 0.451 e. The van der Waals surface area contributed by atoms with Crippen LogP contribution in [0.2, 0.25) is 6.32 Å². The standard InChI is InChI=1S/C20H34BN3O4/c1-16-5-7-17(8-6-16)18-15-23-12-14-24(18)13-4-10-20(22,19(25)26)9-2-3-11-21(27)28/h5-8,18,23,27-28H,2-4,9-15,22H2,1H3,(H,25,26). The lowest BCUT2D eigenvalue weighted by Crippen LogP contribution is -2.49. The van der Waals surface area contributed by atoms with Crippen molar-refractivity contribution in [3.05, 3.63) is 35.4 Å². The highest BCUT2D eigenvalue weighted by molar-refractivity contribution is 6.40. The highest BCUT2D eigenvalue weighted by Gasteiger charge is 2.33. The van der Waals surface area contributed by atoms with Crippen LogP contribution in [0.4, 0.5) is 0 Å². The number of carboxylic acid groups (broad SMARTS) is 1. The number of rotatable bonds is 11. The van der Waals surface area contributed by atoms with Crippen molar-refractivity contribution in [2.45, 2.75) is 56.9 Å². The Hall–Kier alpha value is -1.45. The molecule has 6 N–H and O–H groups in total. The van der Waals surface area contributed by atoms with Crippen molar-refractivity contribution in [1.29, 1.82) is 0 Å². The second kappa shape index (κ2) is 10.9. The third kappa shape index (κ3) is 6.86. The van der Waals surface area contributed by atoms with Crippen LogP contribution in [0.1, 0.15) is 49.3 Å². The molecule has 1 aliphatic heterocycles. The van der Waals surface area contributed by atoms with Crippen molar-refractivity contribution < 1.29 is 19.9 Å². The molecule has 7 nitrogen and oxygen atoms in total. The first kappa shape index (κ1) is 22.8. The Labute approximate surface area is 168 Å². The molecule has 1 aromatic rings. The van der Waals surface area contributed by atoms with Crippen molar-refractivity contribution in [3.8, 4) is 0 Å². The van der Waals surface area contributed by atoms with E-state index in [2.05, 4.69) is 41.4 Å². The minimum atomic E-state index is -1.34. The van der Waals surface area contributed by atoms with E-state index in [-0.39, 0.29) is 12.4 Å². The summed E-state index contributed by atoms with van der Waals surface area (Å²) in [5.74, 6) is -0.979. The SMILES string of the molecule is Cc1ccc(C2CNCCN2CCCC(N)(CCCCB(O)O)C(=O)O)cc1. The molecule has 8 heteroatoms. The Morgan fingerprint density at radius 2 is 1.93 bits per heavy atom. The number of aryl methyl sites for hydroxylation is 1. The molecule has 156 valence electrons. The van der Waals surface area contributed by atoms with Gasteiger partial charge in [0.2, 0.25) is 0 Å². The number of carbonyl (C=O) groups is 1. The van der Waals surface area contributed by atoms with Crippen molar-refractivity contribution in [3.63, 3.8) is 0 Å². The van der Waals surface area contributed by atoms with Gasteiger partial charge in [0.25, 0.3) is 0 Å². The van der Waals surface area contributed by atoms with Gasteiger partial charge in [-0.25, -0.2) is 0 Å². The van der Waals surface area contributed by atoms with E-state index in [1.54, 1.807) is 0 Å². The quantitative estimate of drug-likeness (QED) is 0.284. The van der Waals surface area contributed by atoms with Gasteiger partial charge in [-0.1, -0.05) is 42.7 Å². The number of nitrogens with zero attached hydrogens (tertiary/aromatic N) is 1. The molecule has 0 radical (unpaired) electrons. The zero-order valence-corrected chi connectivity index (χ0v) is 16.8. The van der Waals surface area contributed by atoms with Crippen molar-refractivity contribution in [2.75, 3.05) is 26.2 Å². The molecule has 1 aliphatic rings. The number of unbranched alkanes of at least 4 members (excludes halogenated alkanes) is 1. The number of hydrogen-bond donors (Lipinski definition) is 5. The summed E-state index contributed by atoms with van der Waals surface area (Å²) in [6.07, 6.45) is 2.84. The average molecular weight is 391 g/mol. The first-order valence-corrected chi connectivity index (χ1v) is 10.2. The topological polar surface area (TPSA) is 119 Å². The van der Waals surface area contributed by atoms with Crippen LogP contribution >= 0.6 is 0 Å². The van der Waals surface area contributed by atoms with Gasteiger partial charge in [-0.2, -0.15) is 0 Å². The van der Waals surface area contributed by atoms with E-state index < -0.39 is 18.6 Å². The number of hydrogen-bond acceptors (Lipinski definition) is 6. The molecule has 2 rings (SSSR count). The molecular formula is C20H34BN3O4. The van der Waals surface area contributed by atoms with Gasteiger partial charge in [-0.15, -0.1) is 0 Å². The normalized spacial score (nSPS) is 19.9. The minimum Gasteiger partial charge on any atom is -0.480 e. The molecule has 1 heterocycles. The van der Waals surface area contributed by atoms with Crippen molar-refractivity contribution >= 4 is 13.1 Å². The number of nitrogens with two attached hydrogens (primary N) is 1. The molecule has 1 saturated heterocycles. The number of benzene rings is 1. The Balaban J connectivity index is 1.88. The van der Waals surface area contributed by atoms with Crippen LogP contribution < -0.4 is 11.1 Å². The van der Waals surface area contributed by atoms with Gasteiger partial charge >= 0.3 is 13.1 Å².